The average molecular weight is 254 g/mol. The van der Waals surface area contributed by atoms with Crippen molar-refractivity contribution in [2.24, 2.45) is 0 Å². The Bertz CT molecular complexity index is 646. The molecule has 0 saturated heterocycles. The Labute approximate surface area is 110 Å². The summed E-state index contributed by atoms with van der Waals surface area (Å²) in [5.74, 6) is 0. The standard InChI is InChI=1S/C15H14N2S/c1-11(12-7-3-2-4-8-12)16-15-13-9-5-6-10-14(13)17-18-15/h2-11,16H,1H3. The summed E-state index contributed by atoms with van der Waals surface area (Å²) in [6.07, 6.45) is 0. The molecule has 0 aliphatic rings. The number of nitrogens with zero attached hydrogens (tertiary/aromatic N) is 1. The van der Waals surface area contributed by atoms with Gasteiger partial charge in [0.25, 0.3) is 0 Å². The fraction of sp³-hybridized carbons (Fsp3) is 0.133. The Morgan fingerprint density at radius 2 is 1.72 bits per heavy atom. The van der Waals surface area contributed by atoms with E-state index in [2.05, 4.69) is 53.0 Å². The van der Waals surface area contributed by atoms with Crippen molar-refractivity contribution in [1.29, 1.82) is 0 Å². The summed E-state index contributed by atoms with van der Waals surface area (Å²) in [7, 11) is 0. The first-order valence-electron chi connectivity index (χ1n) is 6.00. The minimum Gasteiger partial charge on any atom is -0.369 e. The van der Waals surface area contributed by atoms with E-state index in [1.807, 2.05) is 18.2 Å². The summed E-state index contributed by atoms with van der Waals surface area (Å²) < 4.78 is 4.44. The molecule has 3 heteroatoms. The highest BCUT2D eigenvalue weighted by Crippen LogP contribution is 2.30. The lowest BCUT2D eigenvalue weighted by molar-refractivity contribution is 0.891. The summed E-state index contributed by atoms with van der Waals surface area (Å²) in [6.45, 7) is 2.17. The Kier molecular flexibility index (Phi) is 2.99. The molecule has 2 nitrogen and oxygen atoms in total. The fourth-order valence-electron chi connectivity index (χ4n) is 2.02. The summed E-state index contributed by atoms with van der Waals surface area (Å²) in [4.78, 5) is 0. The Hall–Kier alpha value is -1.87. The number of benzene rings is 2. The minimum atomic E-state index is 0.287. The maximum absolute atomic E-state index is 4.44. The molecule has 2 aromatic carbocycles. The second kappa shape index (κ2) is 4.78. The van der Waals surface area contributed by atoms with Crippen LogP contribution in [0, 0.1) is 0 Å². The predicted molar refractivity (Wildman–Crippen MR) is 78.1 cm³/mol. The Morgan fingerprint density at radius 1 is 1.00 bits per heavy atom. The average Bonchev–Trinajstić information content (AvgIpc) is 2.83. The van der Waals surface area contributed by atoms with Gasteiger partial charge in [0.1, 0.15) is 5.00 Å². The summed E-state index contributed by atoms with van der Waals surface area (Å²) >= 11 is 1.52. The molecule has 0 aliphatic heterocycles. The van der Waals surface area contributed by atoms with Crippen LogP contribution in [0.15, 0.2) is 54.6 Å². The van der Waals surface area contributed by atoms with E-state index in [9.17, 15) is 0 Å². The van der Waals surface area contributed by atoms with E-state index in [-0.39, 0.29) is 6.04 Å². The molecule has 1 heterocycles. The molecule has 0 radical (unpaired) electrons. The monoisotopic (exact) mass is 254 g/mol. The number of rotatable bonds is 3. The topological polar surface area (TPSA) is 24.9 Å². The van der Waals surface area contributed by atoms with Gasteiger partial charge in [-0.2, -0.15) is 4.37 Å². The molecular weight excluding hydrogens is 240 g/mol. The second-order valence-electron chi connectivity index (χ2n) is 4.31. The van der Waals surface area contributed by atoms with Gasteiger partial charge in [-0.25, -0.2) is 0 Å². The van der Waals surface area contributed by atoms with E-state index in [0.29, 0.717) is 0 Å². The molecule has 18 heavy (non-hydrogen) atoms. The van der Waals surface area contributed by atoms with Crippen molar-refractivity contribution >= 4 is 27.4 Å². The molecule has 1 aromatic heterocycles. The predicted octanol–water partition coefficient (Wildman–Crippen LogP) is 4.47. The number of nitrogens with one attached hydrogen (secondary N) is 1. The molecule has 1 N–H and O–H groups in total. The van der Waals surface area contributed by atoms with Crippen LogP contribution < -0.4 is 5.32 Å². The van der Waals surface area contributed by atoms with Crippen LogP contribution in [-0.2, 0) is 0 Å². The molecule has 0 saturated carbocycles. The molecule has 3 aromatic rings. The molecule has 3 rings (SSSR count). The van der Waals surface area contributed by atoms with Gasteiger partial charge in [0.15, 0.2) is 0 Å². The van der Waals surface area contributed by atoms with Gasteiger partial charge in [0.05, 0.1) is 5.52 Å². The maximum atomic E-state index is 4.44. The molecule has 0 fully saturated rings. The van der Waals surface area contributed by atoms with Crippen molar-refractivity contribution in [3.05, 3.63) is 60.2 Å². The maximum Gasteiger partial charge on any atom is 0.117 e. The SMILES string of the molecule is CC(Nc1snc2ccccc12)c1ccccc1. The van der Waals surface area contributed by atoms with Gasteiger partial charge in [-0.3, -0.25) is 0 Å². The first kappa shape index (κ1) is 11.2. The molecule has 0 amide bonds. The van der Waals surface area contributed by atoms with Gasteiger partial charge in [0.2, 0.25) is 0 Å². The van der Waals surface area contributed by atoms with Crippen molar-refractivity contribution < 1.29 is 0 Å². The molecule has 0 aliphatic carbocycles. The van der Waals surface area contributed by atoms with Gasteiger partial charge in [-0.15, -0.1) is 0 Å². The van der Waals surface area contributed by atoms with Crippen molar-refractivity contribution in [1.82, 2.24) is 4.37 Å². The summed E-state index contributed by atoms with van der Waals surface area (Å²) in [5, 5.41) is 5.88. The summed E-state index contributed by atoms with van der Waals surface area (Å²) in [6, 6.07) is 19.0. The van der Waals surface area contributed by atoms with Gasteiger partial charge in [-0.05, 0) is 36.2 Å². The lowest BCUT2D eigenvalue weighted by Crippen LogP contribution is -2.05. The van der Waals surface area contributed by atoms with Crippen molar-refractivity contribution in [2.45, 2.75) is 13.0 Å². The van der Waals surface area contributed by atoms with Crippen molar-refractivity contribution in [2.75, 3.05) is 5.32 Å². The lowest BCUT2D eigenvalue weighted by Gasteiger charge is -2.13. The van der Waals surface area contributed by atoms with E-state index < -0.39 is 0 Å². The minimum absolute atomic E-state index is 0.287. The van der Waals surface area contributed by atoms with E-state index in [0.717, 1.165) is 10.5 Å². The van der Waals surface area contributed by atoms with E-state index >= 15 is 0 Å². The van der Waals surface area contributed by atoms with Crippen LogP contribution in [0.2, 0.25) is 0 Å². The molecular formula is C15H14N2S. The third-order valence-corrected chi connectivity index (χ3v) is 3.84. The first-order valence-corrected chi connectivity index (χ1v) is 6.78. The van der Waals surface area contributed by atoms with E-state index in [1.54, 1.807) is 0 Å². The van der Waals surface area contributed by atoms with Crippen molar-refractivity contribution in [3.63, 3.8) is 0 Å². The third kappa shape index (κ3) is 2.09. The van der Waals surface area contributed by atoms with Gasteiger partial charge in [0, 0.05) is 11.4 Å². The fourth-order valence-corrected chi connectivity index (χ4v) is 2.86. The van der Waals surface area contributed by atoms with Crippen LogP contribution in [0.25, 0.3) is 10.9 Å². The zero-order chi connectivity index (χ0) is 12.4. The third-order valence-electron chi connectivity index (χ3n) is 3.03. The van der Waals surface area contributed by atoms with Gasteiger partial charge in [-0.1, -0.05) is 42.5 Å². The Balaban J connectivity index is 1.89. The highest BCUT2D eigenvalue weighted by atomic mass is 32.1. The number of anilines is 1. The van der Waals surface area contributed by atoms with Gasteiger partial charge >= 0.3 is 0 Å². The van der Waals surface area contributed by atoms with E-state index in [4.69, 9.17) is 0 Å². The number of fused-ring (bicyclic) bond motifs is 1. The van der Waals surface area contributed by atoms with E-state index in [1.165, 1.54) is 22.5 Å². The highest BCUT2D eigenvalue weighted by molar-refractivity contribution is 7.11. The molecule has 0 spiro atoms. The van der Waals surface area contributed by atoms with Crippen LogP contribution in [0.4, 0.5) is 5.00 Å². The van der Waals surface area contributed by atoms with Crippen LogP contribution in [-0.4, -0.2) is 4.37 Å². The smallest absolute Gasteiger partial charge is 0.117 e. The number of aromatic nitrogens is 1. The normalized spacial score (nSPS) is 12.5. The quantitative estimate of drug-likeness (QED) is 0.746. The van der Waals surface area contributed by atoms with Crippen LogP contribution in [0.5, 0.6) is 0 Å². The zero-order valence-corrected chi connectivity index (χ0v) is 10.9. The van der Waals surface area contributed by atoms with Crippen molar-refractivity contribution in [3.8, 4) is 0 Å². The molecule has 1 atom stereocenters. The zero-order valence-electron chi connectivity index (χ0n) is 10.1. The van der Waals surface area contributed by atoms with Crippen LogP contribution in [0.1, 0.15) is 18.5 Å². The Morgan fingerprint density at radius 3 is 2.56 bits per heavy atom. The largest absolute Gasteiger partial charge is 0.369 e. The number of hydrogen-bond acceptors (Lipinski definition) is 3. The van der Waals surface area contributed by atoms with Gasteiger partial charge < -0.3 is 5.32 Å². The van der Waals surface area contributed by atoms with Crippen LogP contribution >= 0.6 is 11.5 Å². The van der Waals surface area contributed by atoms with Crippen LogP contribution in [0.3, 0.4) is 0 Å². The second-order valence-corrected chi connectivity index (χ2v) is 5.08. The first-order chi connectivity index (χ1) is 8.84. The lowest BCUT2D eigenvalue weighted by atomic mass is 10.1. The molecule has 0 bridgehead atoms. The number of hydrogen-bond donors (Lipinski definition) is 1. The summed E-state index contributed by atoms with van der Waals surface area (Å²) in [5.41, 5.74) is 2.35. The molecule has 1 unspecified atom stereocenters. The molecule has 90 valence electrons. The highest BCUT2D eigenvalue weighted by Gasteiger charge is 2.09.